The third-order valence-corrected chi connectivity index (χ3v) is 8.55. The second kappa shape index (κ2) is 31.9. The van der Waals surface area contributed by atoms with Gasteiger partial charge in [0.1, 0.15) is 6.10 Å². The van der Waals surface area contributed by atoms with Crippen LogP contribution in [-0.4, -0.2) is 55.2 Å². The van der Waals surface area contributed by atoms with Crippen LogP contribution < -0.4 is 0 Å². The maximum atomic E-state index is 12.9. The summed E-state index contributed by atoms with van der Waals surface area (Å²) in [5, 5.41) is 0. The molecule has 4 nitrogen and oxygen atoms in total. The van der Waals surface area contributed by atoms with Crippen LogP contribution in [-0.2, 0) is 4.74 Å². The number of unbranched alkanes of at least 4 members (excludes halogenated alkanes) is 14. The Bertz CT molecular complexity index is 683. The van der Waals surface area contributed by atoms with Crippen molar-refractivity contribution >= 4 is 6.09 Å². The topological polar surface area (TPSA) is 32.8 Å². The summed E-state index contributed by atoms with van der Waals surface area (Å²) in [6.07, 6.45) is 36.1. The molecule has 0 aliphatic heterocycles. The van der Waals surface area contributed by atoms with Crippen molar-refractivity contribution in [1.29, 1.82) is 0 Å². The van der Waals surface area contributed by atoms with Gasteiger partial charge in [0.2, 0.25) is 0 Å². The molecule has 0 rings (SSSR count). The first-order valence-corrected chi connectivity index (χ1v) is 18.5. The number of hydrogen-bond donors (Lipinski definition) is 0. The van der Waals surface area contributed by atoms with Crippen molar-refractivity contribution in [2.24, 2.45) is 0 Å². The monoisotopic (exact) mass is 603 g/mol. The quantitative estimate of drug-likeness (QED) is 0.0584. The van der Waals surface area contributed by atoms with E-state index < -0.39 is 0 Å². The third kappa shape index (κ3) is 28.9. The minimum Gasteiger partial charge on any atom is -0.446 e. The number of allylic oxidation sites excluding steroid dienone is 5. The number of rotatable bonds is 31. The first kappa shape index (κ1) is 41.4. The molecule has 252 valence electrons. The Morgan fingerprint density at radius 1 is 0.674 bits per heavy atom. The number of ether oxygens (including phenoxy) is 1. The van der Waals surface area contributed by atoms with Crippen LogP contribution in [0, 0.1) is 0 Å². The molecule has 0 heterocycles. The molecule has 0 aliphatic rings. The molecule has 0 aromatic rings. The number of carbonyl (C=O) groups is 1. The first-order chi connectivity index (χ1) is 20.9. The predicted octanol–water partition coefficient (Wildman–Crippen LogP) is 12.1. The van der Waals surface area contributed by atoms with Gasteiger partial charge in [-0.05, 0) is 104 Å². The second-order valence-electron chi connectivity index (χ2n) is 12.8. The SMILES string of the molecule is C=C(C)CCCCCCCCC(CCCCCCCC/C=C\C/C=C\CCCCC)OC(=O)N(C)CCCN(CC)CC. The minimum atomic E-state index is -0.135. The molecule has 1 amide bonds. The van der Waals surface area contributed by atoms with Gasteiger partial charge in [-0.1, -0.05) is 115 Å². The van der Waals surface area contributed by atoms with Gasteiger partial charge in [0.25, 0.3) is 0 Å². The van der Waals surface area contributed by atoms with E-state index in [1.165, 1.54) is 102 Å². The molecular weight excluding hydrogens is 528 g/mol. The Labute approximate surface area is 269 Å². The highest BCUT2D eigenvalue weighted by molar-refractivity contribution is 5.67. The Kier molecular flexibility index (Phi) is 30.7. The zero-order valence-electron chi connectivity index (χ0n) is 29.7. The minimum absolute atomic E-state index is 0.0620. The summed E-state index contributed by atoms with van der Waals surface area (Å²) in [5.41, 5.74) is 1.30. The van der Waals surface area contributed by atoms with E-state index in [1.54, 1.807) is 4.90 Å². The van der Waals surface area contributed by atoms with E-state index >= 15 is 0 Å². The van der Waals surface area contributed by atoms with E-state index in [-0.39, 0.29) is 12.2 Å². The molecule has 4 heteroatoms. The molecule has 0 aromatic heterocycles. The molecule has 0 saturated heterocycles. The van der Waals surface area contributed by atoms with Crippen LogP contribution in [0.25, 0.3) is 0 Å². The highest BCUT2D eigenvalue weighted by atomic mass is 16.6. The van der Waals surface area contributed by atoms with Gasteiger partial charge in [-0.15, -0.1) is 6.58 Å². The fourth-order valence-electron chi connectivity index (χ4n) is 5.52. The molecule has 0 aromatic carbocycles. The first-order valence-electron chi connectivity index (χ1n) is 18.5. The summed E-state index contributed by atoms with van der Waals surface area (Å²) in [5.74, 6) is 0. The van der Waals surface area contributed by atoms with Gasteiger partial charge < -0.3 is 14.5 Å². The Balaban J connectivity index is 4.25. The van der Waals surface area contributed by atoms with Gasteiger partial charge in [-0.25, -0.2) is 4.79 Å². The van der Waals surface area contributed by atoms with Crippen LogP contribution >= 0.6 is 0 Å². The van der Waals surface area contributed by atoms with Crippen molar-refractivity contribution in [1.82, 2.24) is 9.80 Å². The molecule has 0 fully saturated rings. The largest absolute Gasteiger partial charge is 0.446 e. The molecule has 43 heavy (non-hydrogen) atoms. The van der Waals surface area contributed by atoms with E-state index in [0.717, 1.165) is 71.1 Å². The summed E-state index contributed by atoms with van der Waals surface area (Å²) in [4.78, 5) is 17.1. The summed E-state index contributed by atoms with van der Waals surface area (Å²) >= 11 is 0. The van der Waals surface area contributed by atoms with Crippen LogP contribution in [0.1, 0.15) is 169 Å². The number of amides is 1. The molecule has 0 radical (unpaired) electrons. The highest BCUT2D eigenvalue weighted by Gasteiger charge is 2.17. The second-order valence-corrected chi connectivity index (χ2v) is 12.8. The maximum absolute atomic E-state index is 12.9. The predicted molar refractivity (Wildman–Crippen MR) is 191 cm³/mol. The van der Waals surface area contributed by atoms with Gasteiger partial charge in [0.05, 0.1) is 0 Å². The van der Waals surface area contributed by atoms with Crippen molar-refractivity contribution in [3.8, 4) is 0 Å². The highest BCUT2D eigenvalue weighted by Crippen LogP contribution is 2.18. The van der Waals surface area contributed by atoms with E-state index in [0.29, 0.717) is 0 Å². The van der Waals surface area contributed by atoms with E-state index in [1.807, 2.05) is 7.05 Å². The van der Waals surface area contributed by atoms with Crippen LogP contribution in [0.3, 0.4) is 0 Å². The lowest BCUT2D eigenvalue weighted by molar-refractivity contribution is 0.0575. The zero-order valence-corrected chi connectivity index (χ0v) is 29.7. The van der Waals surface area contributed by atoms with Crippen molar-refractivity contribution in [3.63, 3.8) is 0 Å². The van der Waals surface area contributed by atoms with Crippen LogP contribution in [0.15, 0.2) is 36.5 Å². The molecule has 1 unspecified atom stereocenters. The summed E-state index contributed by atoms with van der Waals surface area (Å²) in [6, 6.07) is 0. The lowest BCUT2D eigenvalue weighted by Crippen LogP contribution is -2.34. The van der Waals surface area contributed by atoms with Crippen molar-refractivity contribution in [2.45, 2.75) is 175 Å². The lowest BCUT2D eigenvalue weighted by Gasteiger charge is -2.24. The van der Waals surface area contributed by atoms with Crippen molar-refractivity contribution in [2.75, 3.05) is 33.2 Å². The zero-order chi connectivity index (χ0) is 31.8. The molecular formula is C39H74N2O2. The molecule has 0 spiro atoms. The average Bonchev–Trinajstić information content (AvgIpc) is 2.99. The van der Waals surface area contributed by atoms with E-state index in [2.05, 4.69) is 63.5 Å². The number of carbonyl (C=O) groups excluding carboxylic acids is 1. The van der Waals surface area contributed by atoms with Crippen LogP contribution in [0.5, 0.6) is 0 Å². The molecule has 0 saturated carbocycles. The normalized spacial score (nSPS) is 12.5. The van der Waals surface area contributed by atoms with E-state index in [4.69, 9.17) is 4.74 Å². The van der Waals surface area contributed by atoms with Crippen LogP contribution in [0.2, 0.25) is 0 Å². The maximum Gasteiger partial charge on any atom is 0.409 e. The molecule has 0 aliphatic carbocycles. The molecule has 0 bridgehead atoms. The van der Waals surface area contributed by atoms with E-state index in [9.17, 15) is 4.79 Å². The summed E-state index contributed by atoms with van der Waals surface area (Å²) in [6.45, 7) is 16.7. The fraction of sp³-hybridized carbons (Fsp3) is 0.821. The summed E-state index contributed by atoms with van der Waals surface area (Å²) < 4.78 is 6.07. The number of nitrogens with zero attached hydrogens (tertiary/aromatic N) is 2. The van der Waals surface area contributed by atoms with Crippen molar-refractivity contribution in [3.05, 3.63) is 36.5 Å². The molecule has 0 N–H and O–H groups in total. The van der Waals surface area contributed by atoms with Crippen molar-refractivity contribution < 1.29 is 9.53 Å². The smallest absolute Gasteiger partial charge is 0.409 e. The third-order valence-electron chi connectivity index (χ3n) is 8.55. The standard InChI is InChI=1S/C39H74N2O2/c1-7-10-11-12-13-14-15-16-17-18-19-20-21-22-26-29-33-38(34-30-27-24-23-25-28-32-37(4)5)43-39(42)40(6)35-31-36-41(8-2)9-3/h13-14,16-17,38H,4,7-12,15,18-36H2,1-3,5-6H3/b14-13-,17-16-. The van der Waals surface area contributed by atoms with Gasteiger partial charge >= 0.3 is 6.09 Å². The molecule has 1 atom stereocenters. The average molecular weight is 603 g/mol. The fourth-order valence-corrected chi connectivity index (χ4v) is 5.52. The Morgan fingerprint density at radius 2 is 1.19 bits per heavy atom. The van der Waals surface area contributed by atoms with Crippen LogP contribution in [0.4, 0.5) is 4.79 Å². The Morgan fingerprint density at radius 3 is 1.72 bits per heavy atom. The van der Waals surface area contributed by atoms with Gasteiger partial charge in [0, 0.05) is 13.6 Å². The van der Waals surface area contributed by atoms with Gasteiger partial charge in [-0.3, -0.25) is 0 Å². The lowest BCUT2D eigenvalue weighted by atomic mass is 10.0. The summed E-state index contributed by atoms with van der Waals surface area (Å²) in [7, 11) is 1.90. The van der Waals surface area contributed by atoms with Gasteiger partial charge in [0.15, 0.2) is 0 Å². The Hall–Kier alpha value is -1.55. The van der Waals surface area contributed by atoms with Gasteiger partial charge in [-0.2, -0.15) is 0 Å². The number of hydrogen-bond acceptors (Lipinski definition) is 3.